The van der Waals surface area contributed by atoms with Crippen LogP contribution in [0.3, 0.4) is 0 Å². The number of hydrogen-bond acceptors (Lipinski definition) is 4. The van der Waals surface area contributed by atoms with Crippen molar-refractivity contribution in [3.05, 3.63) is 0 Å². The third kappa shape index (κ3) is 3.03. The van der Waals surface area contributed by atoms with E-state index in [9.17, 15) is 5.11 Å². The maximum atomic E-state index is 10.8. The fourth-order valence-corrected chi connectivity index (χ4v) is 3.60. The molecule has 4 heteroatoms. The van der Waals surface area contributed by atoms with Crippen LogP contribution in [0.5, 0.6) is 0 Å². The first-order chi connectivity index (χ1) is 9.31. The van der Waals surface area contributed by atoms with E-state index in [0.29, 0.717) is 12.5 Å². The van der Waals surface area contributed by atoms with Crippen LogP contribution in [-0.4, -0.2) is 59.7 Å². The lowest BCUT2D eigenvalue weighted by atomic mass is 9.73. The van der Waals surface area contributed by atoms with Gasteiger partial charge in [0.05, 0.1) is 24.4 Å². The predicted molar refractivity (Wildman–Crippen MR) is 79.8 cm³/mol. The Morgan fingerprint density at radius 1 is 1.20 bits per heavy atom. The first-order valence-corrected chi connectivity index (χ1v) is 8.05. The summed E-state index contributed by atoms with van der Waals surface area (Å²) < 4.78 is 12.1. The van der Waals surface area contributed by atoms with E-state index < -0.39 is 5.60 Å². The Morgan fingerprint density at radius 3 is 2.45 bits per heavy atom. The third-order valence-corrected chi connectivity index (χ3v) is 5.35. The number of likely N-dealkylation sites (N-methyl/N-ethyl adjacent to an activating group) is 1. The van der Waals surface area contributed by atoms with Crippen LogP contribution in [0, 0.1) is 5.92 Å². The van der Waals surface area contributed by atoms with Gasteiger partial charge >= 0.3 is 0 Å². The summed E-state index contributed by atoms with van der Waals surface area (Å²) in [5.41, 5.74) is -1.00. The summed E-state index contributed by atoms with van der Waals surface area (Å²) in [5.74, 6) is 0.492. The maximum Gasteiger partial charge on any atom is 0.114 e. The van der Waals surface area contributed by atoms with E-state index in [-0.39, 0.29) is 17.8 Å². The van der Waals surface area contributed by atoms with Crippen molar-refractivity contribution in [2.45, 2.75) is 70.9 Å². The number of rotatable bonds is 6. The zero-order valence-electron chi connectivity index (χ0n) is 13.7. The van der Waals surface area contributed by atoms with Crippen LogP contribution in [0.15, 0.2) is 0 Å². The largest absolute Gasteiger partial charge is 0.385 e. The van der Waals surface area contributed by atoms with Gasteiger partial charge in [-0.15, -0.1) is 0 Å². The van der Waals surface area contributed by atoms with Gasteiger partial charge in [0.25, 0.3) is 0 Å². The second-order valence-electron chi connectivity index (χ2n) is 6.99. The van der Waals surface area contributed by atoms with Crippen molar-refractivity contribution in [3.8, 4) is 0 Å². The molecular formula is C16H31NO3. The fraction of sp³-hybridized carbons (Fsp3) is 1.00. The van der Waals surface area contributed by atoms with Gasteiger partial charge in [-0.25, -0.2) is 0 Å². The Morgan fingerprint density at radius 2 is 1.85 bits per heavy atom. The van der Waals surface area contributed by atoms with Crippen LogP contribution in [0.4, 0.5) is 0 Å². The predicted octanol–water partition coefficient (Wildman–Crippen LogP) is 2.05. The van der Waals surface area contributed by atoms with E-state index in [4.69, 9.17) is 9.47 Å². The molecule has 0 amide bonds. The minimum atomic E-state index is -0.868. The molecule has 0 aromatic carbocycles. The Bertz CT molecular complexity index is 326. The lowest BCUT2D eigenvalue weighted by molar-refractivity contribution is -0.174. The van der Waals surface area contributed by atoms with Gasteiger partial charge in [0.1, 0.15) is 5.60 Å². The van der Waals surface area contributed by atoms with Gasteiger partial charge in [0.2, 0.25) is 0 Å². The molecule has 1 N–H and O–H groups in total. The monoisotopic (exact) mass is 285 g/mol. The van der Waals surface area contributed by atoms with E-state index in [2.05, 4.69) is 32.6 Å². The van der Waals surface area contributed by atoms with E-state index >= 15 is 0 Å². The van der Waals surface area contributed by atoms with E-state index in [0.717, 1.165) is 32.5 Å². The molecule has 0 aromatic heterocycles. The minimum Gasteiger partial charge on any atom is -0.385 e. The van der Waals surface area contributed by atoms with Crippen LogP contribution in [0.25, 0.3) is 0 Å². The van der Waals surface area contributed by atoms with Gasteiger partial charge in [-0.05, 0) is 52.6 Å². The van der Waals surface area contributed by atoms with E-state index in [1.54, 1.807) is 0 Å². The third-order valence-electron chi connectivity index (χ3n) is 5.35. The molecule has 2 fully saturated rings. The Hall–Kier alpha value is -0.160. The molecule has 1 saturated heterocycles. The smallest absolute Gasteiger partial charge is 0.114 e. The molecule has 2 rings (SSSR count). The SMILES string of the molecule is CCN(CC)CCOC1CC2CC(OC2(C)C)C1(C)O. The first-order valence-electron chi connectivity index (χ1n) is 8.05. The topological polar surface area (TPSA) is 41.9 Å². The molecule has 118 valence electrons. The number of fused-ring (bicyclic) bond motifs is 2. The number of aliphatic hydroxyl groups is 1. The van der Waals surface area contributed by atoms with Crippen LogP contribution in [0.1, 0.15) is 47.5 Å². The van der Waals surface area contributed by atoms with Crippen molar-refractivity contribution < 1.29 is 14.6 Å². The highest BCUT2D eigenvalue weighted by molar-refractivity contribution is 5.06. The highest BCUT2D eigenvalue weighted by Crippen LogP contribution is 2.49. The van der Waals surface area contributed by atoms with E-state index in [1.807, 2.05) is 6.92 Å². The van der Waals surface area contributed by atoms with Crippen molar-refractivity contribution >= 4 is 0 Å². The number of hydrogen-bond donors (Lipinski definition) is 1. The normalized spacial score (nSPS) is 39.5. The molecule has 1 heterocycles. The molecule has 1 aliphatic carbocycles. The molecule has 2 bridgehead atoms. The molecule has 2 aliphatic rings. The average Bonchev–Trinajstić information content (AvgIpc) is 2.65. The summed E-state index contributed by atoms with van der Waals surface area (Å²) in [4.78, 5) is 2.34. The van der Waals surface area contributed by atoms with Crippen LogP contribution >= 0.6 is 0 Å². The summed E-state index contributed by atoms with van der Waals surface area (Å²) in [5, 5.41) is 10.8. The number of ether oxygens (including phenoxy) is 2. The standard InChI is InChI=1S/C16H31NO3/c1-6-17(7-2)8-9-19-13-10-12-11-14(16(13,5)18)20-15(12,3)4/h12-14,18H,6-11H2,1-5H3. The van der Waals surface area contributed by atoms with Gasteiger partial charge < -0.3 is 19.5 Å². The molecule has 4 atom stereocenters. The highest BCUT2D eigenvalue weighted by atomic mass is 16.5. The summed E-state index contributed by atoms with van der Waals surface area (Å²) >= 11 is 0. The van der Waals surface area contributed by atoms with Crippen molar-refractivity contribution in [3.63, 3.8) is 0 Å². The Kier molecular flexibility index (Phi) is 4.80. The molecule has 0 radical (unpaired) electrons. The fourth-order valence-electron chi connectivity index (χ4n) is 3.60. The van der Waals surface area contributed by atoms with Gasteiger partial charge in [-0.1, -0.05) is 13.8 Å². The molecule has 1 aliphatic heterocycles. The first kappa shape index (κ1) is 16.2. The molecule has 20 heavy (non-hydrogen) atoms. The lowest BCUT2D eigenvalue weighted by Gasteiger charge is -2.40. The second kappa shape index (κ2) is 5.91. The quantitative estimate of drug-likeness (QED) is 0.811. The van der Waals surface area contributed by atoms with Gasteiger partial charge in [0.15, 0.2) is 0 Å². The molecule has 0 spiro atoms. The van der Waals surface area contributed by atoms with Crippen molar-refractivity contribution in [1.82, 2.24) is 4.90 Å². The van der Waals surface area contributed by atoms with Crippen LogP contribution in [0.2, 0.25) is 0 Å². The van der Waals surface area contributed by atoms with Crippen molar-refractivity contribution in [2.24, 2.45) is 5.92 Å². The lowest BCUT2D eigenvalue weighted by Crippen LogP contribution is -2.53. The molecule has 4 unspecified atom stereocenters. The summed E-state index contributed by atoms with van der Waals surface area (Å²) in [7, 11) is 0. The van der Waals surface area contributed by atoms with Crippen LogP contribution in [-0.2, 0) is 9.47 Å². The van der Waals surface area contributed by atoms with Crippen molar-refractivity contribution in [2.75, 3.05) is 26.2 Å². The zero-order chi connectivity index (χ0) is 15.0. The second-order valence-corrected chi connectivity index (χ2v) is 6.99. The van der Waals surface area contributed by atoms with E-state index in [1.165, 1.54) is 0 Å². The van der Waals surface area contributed by atoms with Gasteiger partial charge in [0, 0.05) is 6.54 Å². The summed E-state index contributed by atoms with van der Waals surface area (Å²) in [6.45, 7) is 14.2. The summed E-state index contributed by atoms with van der Waals surface area (Å²) in [6.07, 6.45) is 1.66. The minimum absolute atomic E-state index is 0.0882. The van der Waals surface area contributed by atoms with Gasteiger partial charge in [-0.3, -0.25) is 0 Å². The zero-order valence-corrected chi connectivity index (χ0v) is 13.7. The Labute approximate surface area is 123 Å². The molecular weight excluding hydrogens is 254 g/mol. The highest BCUT2D eigenvalue weighted by Gasteiger charge is 2.57. The van der Waals surface area contributed by atoms with Gasteiger partial charge in [-0.2, -0.15) is 0 Å². The molecule has 1 saturated carbocycles. The summed E-state index contributed by atoms with van der Waals surface area (Å²) in [6, 6.07) is 0. The molecule has 4 nitrogen and oxygen atoms in total. The maximum absolute atomic E-state index is 10.8. The molecule has 0 aromatic rings. The Balaban J connectivity index is 1.92. The van der Waals surface area contributed by atoms with Crippen LogP contribution < -0.4 is 0 Å². The number of nitrogens with zero attached hydrogens (tertiary/aromatic N) is 1. The average molecular weight is 285 g/mol. The van der Waals surface area contributed by atoms with Crippen molar-refractivity contribution in [1.29, 1.82) is 0 Å².